The molecule has 1 aliphatic rings. The van der Waals surface area contributed by atoms with Gasteiger partial charge in [-0.1, -0.05) is 0 Å². The van der Waals surface area contributed by atoms with Crippen LogP contribution in [0, 0.1) is 0 Å². The van der Waals surface area contributed by atoms with Crippen LogP contribution in [0.1, 0.15) is 55.2 Å². The van der Waals surface area contributed by atoms with E-state index in [4.69, 9.17) is 0 Å². The number of hydrogen-bond acceptors (Lipinski definition) is 4. The van der Waals surface area contributed by atoms with Crippen LogP contribution >= 0.6 is 0 Å². The number of imide groups is 1. The van der Waals surface area contributed by atoms with Gasteiger partial charge in [0.15, 0.2) is 0 Å². The third-order valence-corrected chi connectivity index (χ3v) is 3.71. The highest BCUT2D eigenvalue weighted by Gasteiger charge is 2.38. The predicted octanol–water partition coefficient (Wildman–Crippen LogP) is 1.06. The number of nitrogens with zero attached hydrogens (tertiary/aromatic N) is 3. The molecule has 2 rings (SSSR count). The topological polar surface area (TPSA) is 75.4 Å². The minimum atomic E-state index is -0.374. The number of carbonyl (C=O) groups is 2. The lowest BCUT2D eigenvalue weighted by Crippen LogP contribution is -2.45. The van der Waals surface area contributed by atoms with Gasteiger partial charge in [-0.3, -0.25) is 14.5 Å². The summed E-state index contributed by atoms with van der Waals surface area (Å²) >= 11 is 0. The third kappa shape index (κ3) is 2.60. The molecule has 0 spiro atoms. The first-order valence-electron chi connectivity index (χ1n) is 6.98. The number of aryl methyl sites for hydroxylation is 1. The fraction of sp³-hybridized carbons (Fsp3) is 0.643. The summed E-state index contributed by atoms with van der Waals surface area (Å²) < 4.78 is 1.67. The zero-order valence-corrected chi connectivity index (χ0v) is 12.2. The van der Waals surface area contributed by atoms with Gasteiger partial charge in [-0.05, 0) is 33.1 Å². The van der Waals surface area contributed by atoms with Crippen LogP contribution in [-0.2, 0) is 11.8 Å². The molecule has 0 aliphatic carbocycles. The van der Waals surface area contributed by atoms with E-state index in [2.05, 4.69) is 4.98 Å². The van der Waals surface area contributed by atoms with Crippen LogP contribution < -0.4 is 0 Å². The highest BCUT2D eigenvalue weighted by molar-refractivity contribution is 6.10. The number of aromatic nitrogens is 2. The van der Waals surface area contributed by atoms with Gasteiger partial charge < -0.3 is 9.67 Å². The molecule has 20 heavy (non-hydrogen) atoms. The van der Waals surface area contributed by atoms with Crippen LogP contribution in [-0.4, -0.2) is 44.0 Å². The third-order valence-electron chi connectivity index (χ3n) is 3.71. The summed E-state index contributed by atoms with van der Waals surface area (Å²) in [4.78, 5) is 30.1. The molecule has 0 radical (unpaired) electrons. The number of rotatable bonds is 5. The first kappa shape index (κ1) is 14.7. The molecule has 1 aromatic rings. The number of fused-ring (bicyclic) bond motifs is 1. The van der Waals surface area contributed by atoms with Crippen molar-refractivity contribution in [3.05, 3.63) is 17.7 Å². The van der Waals surface area contributed by atoms with E-state index >= 15 is 0 Å². The van der Waals surface area contributed by atoms with Crippen molar-refractivity contribution in [2.75, 3.05) is 6.54 Å². The van der Waals surface area contributed by atoms with Crippen LogP contribution in [0.4, 0.5) is 0 Å². The second-order valence-electron chi connectivity index (χ2n) is 5.45. The quantitative estimate of drug-likeness (QED) is 0.646. The molecule has 2 atom stereocenters. The van der Waals surface area contributed by atoms with Crippen LogP contribution in [0.5, 0.6) is 0 Å². The fourth-order valence-corrected chi connectivity index (χ4v) is 2.53. The van der Waals surface area contributed by atoms with Crippen LogP contribution in [0.2, 0.25) is 0 Å². The molecule has 2 amide bonds. The van der Waals surface area contributed by atoms with Gasteiger partial charge in [-0.2, -0.15) is 0 Å². The Kier molecular flexibility index (Phi) is 4.23. The van der Waals surface area contributed by atoms with Crippen LogP contribution in [0.15, 0.2) is 6.33 Å². The number of imidazole rings is 1. The van der Waals surface area contributed by atoms with E-state index in [9.17, 15) is 14.7 Å². The Bertz CT molecular complexity index is 522. The summed E-state index contributed by atoms with van der Waals surface area (Å²) in [5.41, 5.74) is 1.08. The maximum Gasteiger partial charge on any atom is 0.279 e. The Morgan fingerprint density at radius 3 is 2.75 bits per heavy atom. The van der Waals surface area contributed by atoms with Crippen molar-refractivity contribution in [2.45, 2.75) is 45.1 Å². The average Bonchev–Trinajstić information content (AvgIpc) is 2.77. The molecule has 6 nitrogen and oxygen atoms in total. The molecule has 0 fully saturated rings. The number of aliphatic hydroxyl groups is 1. The normalized spacial score (nSPS) is 20.2. The molecule has 0 aromatic carbocycles. The Morgan fingerprint density at radius 2 is 2.10 bits per heavy atom. The van der Waals surface area contributed by atoms with Gasteiger partial charge in [0.1, 0.15) is 5.69 Å². The first-order valence-corrected chi connectivity index (χ1v) is 6.98. The molecule has 2 heterocycles. The summed E-state index contributed by atoms with van der Waals surface area (Å²) in [7, 11) is 1.76. The van der Waals surface area contributed by atoms with E-state index < -0.39 is 0 Å². The Labute approximate surface area is 118 Å². The second-order valence-corrected chi connectivity index (χ2v) is 5.45. The highest BCUT2D eigenvalue weighted by atomic mass is 16.3. The van der Waals surface area contributed by atoms with E-state index in [0.29, 0.717) is 30.8 Å². The molecular formula is C14H21N3O3. The molecule has 1 N–H and O–H groups in total. The molecule has 0 bridgehead atoms. The molecular weight excluding hydrogens is 258 g/mol. The zero-order chi connectivity index (χ0) is 14.9. The van der Waals surface area contributed by atoms with Crippen LogP contribution in [0.3, 0.4) is 0 Å². The molecule has 0 saturated carbocycles. The van der Waals surface area contributed by atoms with Gasteiger partial charge in [-0.25, -0.2) is 4.98 Å². The van der Waals surface area contributed by atoms with Crippen molar-refractivity contribution in [1.29, 1.82) is 0 Å². The Morgan fingerprint density at radius 1 is 1.40 bits per heavy atom. The minimum absolute atomic E-state index is 0.182. The lowest BCUT2D eigenvalue weighted by Gasteiger charge is -2.28. The van der Waals surface area contributed by atoms with Crippen molar-refractivity contribution >= 4 is 11.8 Å². The summed E-state index contributed by atoms with van der Waals surface area (Å²) in [6.07, 6.45) is 3.42. The smallest absolute Gasteiger partial charge is 0.279 e. The number of aliphatic hydroxyl groups excluding tert-OH is 1. The van der Waals surface area contributed by atoms with Gasteiger partial charge in [0.25, 0.3) is 5.91 Å². The average molecular weight is 279 g/mol. The van der Waals surface area contributed by atoms with Crippen LogP contribution in [0.25, 0.3) is 0 Å². The van der Waals surface area contributed by atoms with Crippen molar-refractivity contribution in [2.24, 2.45) is 7.05 Å². The SMILES string of the molecule is CC(O)CCCCN1C(=O)c2c(ncn2C)C(C)C1=O. The number of hydrogen-bond donors (Lipinski definition) is 1. The largest absolute Gasteiger partial charge is 0.393 e. The van der Waals surface area contributed by atoms with E-state index in [1.807, 2.05) is 0 Å². The highest BCUT2D eigenvalue weighted by Crippen LogP contribution is 2.27. The molecule has 0 saturated heterocycles. The number of amides is 2. The Balaban J connectivity index is 2.09. The number of carbonyl (C=O) groups excluding carboxylic acids is 2. The van der Waals surface area contributed by atoms with Crippen molar-refractivity contribution in [3.8, 4) is 0 Å². The number of unbranched alkanes of at least 4 members (excludes halogenated alkanes) is 1. The maximum atomic E-state index is 12.4. The van der Waals surface area contributed by atoms with Gasteiger partial charge in [-0.15, -0.1) is 0 Å². The van der Waals surface area contributed by atoms with Gasteiger partial charge in [0.2, 0.25) is 5.91 Å². The lowest BCUT2D eigenvalue weighted by atomic mass is 9.98. The van der Waals surface area contributed by atoms with E-state index in [-0.39, 0.29) is 23.8 Å². The van der Waals surface area contributed by atoms with E-state index in [0.717, 1.165) is 6.42 Å². The Hall–Kier alpha value is -1.69. The monoisotopic (exact) mass is 279 g/mol. The summed E-state index contributed by atoms with van der Waals surface area (Å²) in [6.45, 7) is 3.92. The first-order chi connectivity index (χ1) is 9.43. The van der Waals surface area contributed by atoms with Crippen molar-refractivity contribution < 1.29 is 14.7 Å². The fourth-order valence-electron chi connectivity index (χ4n) is 2.53. The minimum Gasteiger partial charge on any atom is -0.393 e. The summed E-state index contributed by atoms with van der Waals surface area (Å²) in [5, 5.41) is 9.22. The predicted molar refractivity (Wildman–Crippen MR) is 73.2 cm³/mol. The van der Waals surface area contributed by atoms with Gasteiger partial charge in [0, 0.05) is 13.6 Å². The molecule has 6 heteroatoms. The molecule has 2 unspecified atom stereocenters. The van der Waals surface area contributed by atoms with Gasteiger partial charge in [0.05, 0.1) is 24.0 Å². The van der Waals surface area contributed by atoms with Crippen molar-refractivity contribution in [1.82, 2.24) is 14.5 Å². The standard InChI is InChI=1S/C14H21N3O3/c1-9(18)6-4-5-7-17-13(19)10(2)11-12(14(17)20)16(3)8-15-11/h8-10,18H,4-7H2,1-3H3. The van der Waals surface area contributed by atoms with Crippen molar-refractivity contribution in [3.63, 3.8) is 0 Å². The van der Waals surface area contributed by atoms with E-state index in [1.165, 1.54) is 4.90 Å². The molecule has 110 valence electrons. The zero-order valence-electron chi connectivity index (χ0n) is 12.2. The molecule has 1 aliphatic heterocycles. The summed E-state index contributed by atoms with van der Waals surface area (Å²) in [6, 6.07) is 0. The molecule has 1 aromatic heterocycles. The summed E-state index contributed by atoms with van der Waals surface area (Å²) in [5.74, 6) is -0.820. The van der Waals surface area contributed by atoms with Gasteiger partial charge >= 0.3 is 0 Å². The lowest BCUT2D eigenvalue weighted by molar-refractivity contribution is -0.130. The second kappa shape index (κ2) is 5.75. The maximum absolute atomic E-state index is 12.4. The van der Waals surface area contributed by atoms with E-state index in [1.54, 1.807) is 31.8 Å².